The van der Waals surface area contributed by atoms with Crippen LogP contribution < -0.4 is 9.80 Å². The van der Waals surface area contributed by atoms with Gasteiger partial charge in [0.1, 0.15) is 0 Å². The third kappa shape index (κ3) is 9.72. The molecule has 79 heavy (non-hydrogen) atoms. The summed E-state index contributed by atoms with van der Waals surface area (Å²) in [5.74, 6) is 0.805. The van der Waals surface area contributed by atoms with Crippen LogP contribution in [0.25, 0.3) is 72.0 Å². The molecule has 1 heterocycles. The maximum absolute atomic E-state index is 2.42. The van der Waals surface area contributed by atoms with Crippen molar-refractivity contribution in [2.75, 3.05) is 9.80 Å². The highest BCUT2D eigenvalue weighted by Crippen LogP contribution is 2.50. The summed E-state index contributed by atoms with van der Waals surface area (Å²) in [5, 5.41) is 2.53. The molecular weight excluding hydrogens is 955 g/mol. The maximum Gasteiger partial charge on any atom is 0.0541 e. The molecule has 384 valence electrons. The van der Waals surface area contributed by atoms with E-state index in [1.807, 2.05) is 0 Å². The number of hydrogen-bond acceptors (Lipinski definition) is 2. The summed E-state index contributed by atoms with van der Waals surface area (Å²) in [6.45, 7) is 4.72. The first-order valence-electron chi connectivity index (χ1n) is 28.4. The molecule has 1 aliphatic carbocycles. The monoisotopic (exact) mass is 1020 g/mol. The minimum Gasteiger partial charge on any atom is -0.311 e. The lowest BCUT2D eigenvalue weighted by molar-refractivity contribution is 0.184. The molecule has 0 amide bonds. The van der Waals surface area contributed by atoms with Crippen molar-refractivity contribution in [2.45, 2.75) is 57.8 Å². The summed E-state index contributed by atoms with van der Waals surface area (Å²) in [6, 6.07) is 102. The predicted octanol–water partition coefficient (Wildman–Crippen LogP) is 21.6. The summed E-state index contributed by atoms with van der Waals surface area (Å²) >= 11 is 0. The second-order valence-electron chi connectivity index (χ2n) is 21.6. The van der Waals surface area contributed by atoms with Crippen molar-refractivity contribution in [3.05, 3.63) is 285 Å². The Bertz CT molecular complexity index is 3910. The Labute approximate surface area is 466 Å². The van der Waals surface area contributed by atoms with Gasteiger partial charge in [-0.25, -0.2) is 0 Å². The Hall–Kier alpha value is -9.18. The van der Waals surface area contributed by atoms with E-state index in [0.29, 0.717) is 5.41 Å². The minimum atomic E-state index is 0.364. The summed E-state index contributed by atoms with van der Waals surface area (Å²) in [6.07, 6.45) is 7.85. The standard InChI is InChI=1S/C76H65N3/c1-3-55(4-2)54-76(52-15-53-76)64-38-28-59(29-39-64)63-36-46-69(47-37-63)78(67-40-30-60(31-41-67)56-16-7-5-8-17-56)68-44-34-62(35-45-68)58-26-24-57(25-27-58)61-32-42-66(43-33-61)77(65-18-9-6-10-19-65)70-48-50-71(51-49-70)79-74-22-13-11-20-72(74)73-21-12-14-23-75(73)79/h5-14,16-51,55H,3-4,15,52-54H2,1-2H3. The van der Waals surface area contributed by atoms with Gasteiger partial charge in [-0.15, -0.1) is 0 Å². The lowest BCUT2D eigenvalue weighted by Gasteiger charge is -2.45. The number of para-hydroxylation sites is 3. The van der Waals surface area contributed by atoms with E-state index in [1.165, 1.54) is 110 Å². The molecule has 0 unspecified atom stereocenters. The normalized spacial score (nSPS) is 12.9. The van der Waals surface area contributed by atoms with E-state index < -0.39 is 0 Å². The quantitative estimate of drug-likeness (QED) is 0.0956. The summed E-state index contributed by atoms with van der Waals surface area (Å²) in [7, 11) is 0. The number of aromatic nitrogens is 1. The van der Waals surface area contributed by atoms with E-state index in [1.54, 1.807) is 0 Å². The van der Waals surface area contributed by atoms with Gasteiger partial charge in [0.15, 0.2) is 0 Å². The summed E-state index contributed by atoms with van der Waals surface area (Å²) in [4.78, 5) is 4.71. The molecule has 0 spiro atoms. The molecule has 3 nitrogen and oxygen atoms in total. The Morgan fingerprint density at radius 2 is 0.633 bits per heavy atom. The Morgan fingerprint density at radius 1 is 0.329 bits per heavy atom. The van der Waals surface area contributed by atoms with E-state index in [2.05, 4.69) is 307 Å². The highest BCUT2D eigenvalue weighted by atomic mass is 15.1. The Balaban J connectivity index is 0.746. The van der Waals surface area contributed by atoms with Crippen molar-refractivity contribution in [1.82, 2.24) is 4.57 Å². The third-order valence-electron chi connectivity index (χ3n) is 17.1. The fourth-order valence-corrected chi connectivity index (χ4v) is 12.5. The average Bonchev–Trinajstić information content (AvgIpc) is 4.07. The number of benzene rings is 11. The van der Waals surface area contributed by atoms with Gasteiger partial charge in [-0.2, -0.15) is 0 Å². The number of nitrogens with zero attached hydrogens (tertiary/aromatic N) is 3. The zero-order valence-corrected chi connectivity index (χ0v) is 45.2. The van der Waals surface area contributed by atoms with Crippen LogP contribution in [0, 0.1) is 5.92 Å². The van der Waals surface area contributed by atoms with E-state index >= 15 is 0 Å². The molecule has 11 aromatic carbocycles. The second kappa shape index (κ2) is 21.7. The molecule has 1 fully saturated rings. The molecule has 1 aromatic heterocycles. The van der Waals surface area contributed by atoms with Crippen LogP contribution in [0.15, 0.2) is 279 Å². The fraction of sp³-hybridized carbons (Fsp3) is 0.132. The number of hydrogen-bond donors (Lipinski definition) is 0. The van der Waals surface area contributed by atoms with Gasteiger partial charge in [0.25, 0.3) is 0 Å². The third-order valence-corrected chi connectivity index (χ3v) is 17.1. The van der Waals surface area contributed by atoms with E-state index in [9.17, 15) is 0 Å². The van der Waals surface area contributed by atoms with Crippen molar-refractivity contribution in [2.24, 2.45) is 5.92 Å². The zero-order valence-electron chi connectivity index (χ0n) is 45.2. The number of rotatable bonds is 16. The Kier molecular flexibility index (Phi) is 13.6. The summed E-state index contributed by atoms with van der Waals surface area (Å²) < 4.78 is 2.37. The van der Waals surface area contributed by atoms with Crippen molar-refractivity contribution < 1.29 is 0 Å². The van der Waals surface area contributed by atoms with Gasteiger partial charge in [0, 0.05) is 50.6 Å². The molecule has 0 saturated heterocycles. The van der Waals surface area contributed by atoms with Gasteiger partial charge < -0.3 is 14.4 Å². The van der Waals surface area contributed by atoms with Crippen molar-refractivity contribution in [1.29, 1.82) is 0 Å². The number of anilines is 6. The lowest BCUT2D eigenvalue weighted by atomic mass is 9.60. The lowest BCUT2D eigenvalue weighted by Crippen LogP contribution is -2.36. The molecule has 0 radical (unpaired) electrons. The highest BCUT2D eigenvalue weighted by Gasteiger charge is 2.39. The first kappa shape index (κ1) is 49.4. The van der Waals surface area contributed by atoms with Gasteiger partial charge in [-0.3, -0.25) is 0 Å². The zero-order chi connectivity index (χ0) is 53.1. The highest BCUT2D eigenvalue weighted by molar-refractivity contribution is 6.09. The van der Waals surface area contributed by atoms with Crippen LogP contribution in [-0.2, 0) is 5.41 Å². The predicted molar refractivity (Wildman–Crippen MR) is 336 cm³/mol. The van der Waals surface area contributed by atoms with Crippen LogP contribution in [0.5, 0.6) is 0 Å². The van der Waals surface area contributed by atoms with E-state index in [0.717, 1.165) is 45.7 Å². The van der Waals surface area contributed by atoms with Crippen molar-refractivity contribution in [3.8, 4) is 50.2 Å². The van der Waals surface area contributed by atoms with Gasteiger partial charge >= 0.3 is 0 Å². The molecule has 0 aliphatic heterocycles. The smallest absolute Gasteiger partial charge is 0.0541 e. The van der Waals surface area contributed by atoms with Gasteiger partial charge in [0.05, 0.1) is 11.0 Å². The fourth-order valence-electron chi connectivity index (χ4n) is 12.5. The molecule has 13 rings (SSSR count). The maximum atomic E-state index is 2.42. The van der Waals surface area contributed by atoms with Crippen LogP contribution in [0.2, 0.25) is 0 Å². The van der Waals surface area contributed by atoms with Crippen LogP contribution in [-0.4, -0.2) is 4.57 Å². The minimum absolute atomic E-state index is 0.364. The molecular formula is C76H65N3. The molecule has 0 atom stereocenters. The average molecular weight is 1020 g/mol. The topological polar surface area (TPSA) is 11.4 Å². The largest absolute Gasteiger partial charge is 0.311 e. The molecule has 1 aliphatic rings. The summed E-state index contributed by atoms with van der Waals surface area (Å²) in [5.41, 5.74) is 21.7. The van der Waals surface area contributed by atoms with Gasteiger partial charge in [-0.1, -0.05) is 215 Å². The van der Waals surface area contributed by atoms with Crippen LogP contribution in [0.1, 0.15) is 57.9 Å². The van der Waals surface area contributed by atoms with Gasteiger partial charge in [-0.05, 0) is 178 Å². The molecule has 3 heteroatoms. The van der Waals surface area contributed by atoms with Crippen LogP contribution in [0.3, 0.4) is 0 Å². The van der Waals surface area contributed by atoms with Crippen LogP contribution >= 0.6 is 0 Å². The molecule has 0 N–H and O–H groups in total. The number of fused-ring (bicyclic) bond motifs is 3. The van der Waals surface area contributed by atoms with Crippen molar-refractivity contribution in [3.63, 3.8) is 0 Å². The molecule has 0 bridgehead atoms. The molecule has 1 saturated carbocycles. The first-order valence-corrected chi connectivity index (χ1v) is 28.4. The SMILES string of the molecule is CCC(CC)CC1(c2ccc(-c3ccc(N(c4ccc(-c5ccccc5)cc4)c4ccc(-c5ccc(-c6ccc(N(c7ccccc7)c7ccc(-n8c9ccccc9c9ccccc98)cc7)cc6)cc5)cc4)cc3)cc2)CCC1. The Morgan fingerprint density at radius 3 is 1.00 bits per heavy atom. The first-order chi connectivity index (χ1) is 39.0. The molecule has 12 aromatic rings. The van der Waals surface area contributed by atoms with Crippen molar-refractivity contribution >= 4 is 55.9 Å². The van der Waals surface area contributed by atoms with E-state index in [-0.39, 0.29) is 0 Å². The van der Waals surface area contributed by atoms with Crippen LogP contribution in [0.4, 0.5) is 34.1 Å². The van der Waals surface area contributed by atoms with E-state index in [4.69, 9.17) is 0 Å². The van der Waals surface area contributed by atoms with Gasteiger partial charge in [0.2, 0.25) is 0 Å². The second-order valence-corrected chi connectivity index (χ2v) is 21.6.